The molecule has 8 heteroatoms. The summed E-state index contributed by atoms with van der Waals surface area (Å²) < 4.78 is 5.28. The molecule has 1 rings (SSSR count). The van der Waals surface area contributed by atoms with Gasteiger partial charge in [0.1, 0.15) is 6.54 Å². The highest BCUT2D eigenvalue weighted by molar-refractivity contribution is 14.0. The van der Waals surface area contributed by atoms with Crippen LogP contribution in [0, 0.1) is 5.41 Å². The van der Waals surface area contributed by atoms with E-state index in [2.05, 4.69) is 39.9 Å². The molecule has 25 heavy (non-hydrogen) atoms. The average Bonchev–Trinajstić information content (AvgIpc) is 2.97. The smallest absolute Gasteiger partial charge is 0.225 e. The van der Waals surface area contributed by atoms with Crippen molar-refractivity contribution in [2.45, 2.75) is 54.0 Å². The van der Waals surface area contributed by atoms with Gasteiger partial charge in [0, 0.05) is 31.1 Å². The number of hydrogen-bond donors (Lipinski definition) is 3. The van der Waals surface area contributed by atoms with E-state index in [1.165, 1.54) is 0 Å². The van der Waals surface area contributed by atoms with Crippen molar-refractivity contribution in [2.75, 3.05) is 19.6 Å². The topological polar surface area (TPSA) is 91.6 Å². The number of amides is 1. The van der Waals surface area contributed by atoms with Crippen molar-refractivity contribution in [3.05, 3.63) is 17.5 Å². The van der Waals surface area contributed by atoms with Crippen LogP contribution in [0.5, 0.6) is 0 Å². The number of aliphatic imine (C=N–C) groups is 1. The fourth-order valence-electron chi connectivity index (χ4n) is 1.80. The fraction of sp³-hybridized carbons (Fsp3) is 0.706. The first-order valence-electron chi connectivity index (χ1n) is 8.50. The van der Waals surface area contributed by atoms with Gasteiger partial charge in [-0.05, 0) is 12.8 Å². The minimum atomic E-state index is -0.376. The van der Waals surface area contributed by atoms with Crippen LogP contribution >= 0.6 is 24.0 Å². The van der Waals surface area contributed by atoms with E-state index in [0.717, 1.165) is 18.0 Å². The van der Waals surface area contributed by atoms with Gasteiger partial charge in [-0.1, -0.05) is 39.8 Å². The summed E-state index contributed by atoms with van der Waals surface area (Å²) in [6.45, 7) is 14.1. The van der Waals surface area contributed by atoms with Crippen LogP contribution in [-0.2, 0) is 11.3 Å². The first-order valence-corrected chi connectivity index (χ1v) is 8.50. The van der Waals surface area contributed by atoms with Gasteiger partial charge in [0.15, 0.2) is 11.7 Å². The number of aromatic nitrogens is 1. The van der Waals surface area contributed by atoms with Crippen molar-refractivity contribution >= 4 is 35.8 Å². The summed E-state index contributed by atoms with van der Waals surface area (Å²) in [7, 11) is 0. The van der Waals surface area contributed by atoms with E-state index in [1.54, 1.807) is 0 Å². The number of guanidine groups is 1. The van der Waals surface area contributed by atoms with Gasteiger partial charge < -0.3 is 20.5 Å². The van der Waals surface area contributed by atoms with Gasteiger partial charge in [-0.25, -0.2) is 4.99 Å². The minimum Gasteiger partial charge on any atom is -0.359 e. The second-order valence-corrected chi connectivity index (χ2v) is 7.00. The molecule has 0 aliphatic rings. The number of halogens is 1. The third kappa shape index (κ3) is 9.08. The maximum atomic E-state index is 11.8. The third-order valence-electron chi connectivity index (χ3n) is 3.29. The van der Waals surface area contributed by atoms with Crippen molar-refractivity contribution < 1.29 is 9.32 Å². The molecule has 7 nitrogen and oxygen atoms in total. The predicted octanol–water partition coefficient (Wildman–Crippen LogP) is 2.63. The molecule has 0 bridgehead atoms. The molecular formula is C17H32IN5O2. The van der Waals surface area contributed by atoms with Crippen molar-refractivity contribution in [1.82, 2.24) is 21.1 Å². The molecular weight excluding hydrogens is 433 g/mol. The van der Waals surface area contributed by atoms with E-state index in [-0.39, 0.29) is 35.3 Å². The molecule has 3 N–H and O–H groups in total. The maximum absolute atomic E-state index is 11.8. The largest absolute Gasteiger partial charge is 0.359 e. The monoisotopic (exact) mass is 465 g/mol. The van der Waals surface area contributed by atoms with Gasteiger partial charge >= 0.3 is 0 Å². The summed E-state index contributed by atoms with van der Waals surface area (Å²) in [5, 5.41) is 13.3. The van der Waals surface area contributed by atoms with Gasteiger partial charge in [-0.3, -0.25) is 4.79 Å². The first kappa shape index (κ1) is 23.7. The Kier molecular flexibility index (Phi) is 10.7. The van der Waals surface area contributed by atoms with Gasteiger partial charge in [-0.2, -0.15) is 0 Å². The lowest BCUT2D eigenvalue weighted by Crippen LogP contribution is -2.43. The number of nitrogens with zero attached hydrogens (tertiary/aromatic N) is 2. The molecule has 0 aliphatic carbocycles. The molecule has 0 spiro atoms. The molecule has 0 aromatic carbocycles. The van der Waals surface area contributed by atoms with Crippen LogP contribution in [0.4, 0.5) is 0 Å². The summed E-state index contributed by atoms with van der Waals surface area (Å²) in [6, 6.07) is 1.93. The van der Waals surface area contributed by atoms with Gasteiger partial charge in [0.05, 0.1) is 5.69 Å². The van der Waals surface area contributed by atoms with Gasteiger partial charge in [0.2, 0.25) is 5.91 Å². The standard InChI is InChI=1S/C17H31N5O2.HI/c1-7-18-16(20-9-8-19-15(23)17(4,5)6)21-11-13-10-14(12(2)3)22-24-13;/h10,12H,7-9,11H2,1-6H3,(H,19,23)(H2,18,20,21);1H. The number of carbonyl (C=O) groups excluding carboxylic acids is 1. The van der Waals surface area contributed by atoms with E-state index < -0.39 is 0 Å². The van der Waals surface area contributed by atoms with E-state index in [1.807, 2.05) is 33.8 Å². The zero-order chi connectivity index (χ0) is 18.2. The summed E-state index contributed by atoms with van der Waals surface area (Å²) in [6.07, 6.45) is 0. The van der Waals surface area contributed by atoms with Crippen molar-refractivity contribution in [2.24, 2.45) is 10.4 Å². The van der Waals surface area contributed by atoms with E-state index in [0.29, 0.717) is 31.5 Å². The Labute approximate surface area is 167 Å². The Bertz CT molecular complexity index is 549. The lowest BCUT2D eigenvalue weighted by atomic mass is 9.96. The summed E-state index contributed by atoms with van der Waals surface area (Å²) >= 11 is 0. The summed E-state index contributed by atoms with van der Waals surface area (Å²) in [4.78, 5) is 16.3. The van der Waals surface area contributed by atoms with Crippen molar-refractivity contribution in [3.63, 3.8) is 0 Å². The molecule has 0 radical (unpaired) electrons. The Morgan fingerprint density at radius 2 is 1.88 bits per heavy atom. The van der Waals surface area contributed by atoms with E-state index >= 15 is 0 Å². The molecule has 0 atom stereocenters. The molecule has 1 heterocycles. The molecule has 0 saturated carbocycles. The minimum absolute atomic E-state index is 0. The van der Waals surface area contributed by atoms with Crippen LogP contribution in [0.2, 0.25) is 0 Å². The SMILES string of the molecule is CCNC(=NCc1cc(C(C)C)no1)NCCNC(=O)C(C)(C)C.I. The van der Waals surface area contributed by atoms with E-state index in [4.69, 9.17) is 4.52 Å². The Morgan fingerprint density at radius 3 is 2.40 bits per heavy atom. The zero-order valence-corrected chi connectivity index (χ0v) is 18.4. The van der Waals surface area contributed by atoms with Crippen molar-refractivity contribution in [1.29, 1.82) is 0 Å². The molecule has 0 unspecified atom stereocenters. The molecule has 1 aromatic heterocycles. The first-order chi connectivity index (χ1) is 11.2. The molecule has 0 saturated heterocycles. The lowest BCUT2D eigenvalue weighted by molar-refractivity contribution is -0.128. The highest BCUT2D eigenvalue weighted by Gasteiger charge is 2.20. The highest BCUT2D eigenvalue weighted by Crippen LogP contribution is 2.14. The summed E-state index contributed by atoms with van der Waals surface area (Å²) in [5.41, 5.74) is 0.557. The highest BCUT2D eigenvalue weighted by atomic mass is 127. The Morgan fingerprint density at radius 1 is 1.24 bits per heavy atom. The van der Waals surface area contributed by atoms with Crippen LogP contribution in [0.25, 0.3) is 0 Å². The number of rotatable bonds is 7. The van der Waals surface area contributed by atoms with Gasteiger partial charge in [-0.15, -0.1) is 24.0 Å². The fourth-order valence-corrected chi connectivity index (χ4v) is 1.80. The number of nitrogens with one attached hydrogen (secondary N) is 3. The number of hydrogen-bond acceptors (Lipinski definition) is 4. The average molecular weight is 465 g/mol. The summed E-state index contributed by atoms with van der Waals surface area (Å²) in [5.74, 6) is 1.79. The van der Waals surface area contributed by atoms with Crippen LogP contribution in [0.1, 0.15) is 58.9 Å². The van der Waals surface area contributed by atoms with Crippen LogP contribution in [-0.4, -0.2) is 36.7 Å². The quantitative estimate of drug-likeness (QED) is 0.249. The van der Waals surface area contributed by atoms with Gasteiger partial charge in [0.25, 0.3) is 0 Å². The molecule has 1 aromatic rings. The Hall–Kier alpha value is -1.32. The predicted molar refractivity (Wildman–Crippen MR) is 111 cm³/mol. The van der Waals surface area contributed by atoms with Crippen molar-refractivity contribution in [3.8, 4) is 0 Å². The normalized spacial score (nSPS) is 11.9. The molecule has 0 aliphatic heterocycles. The molecule has 0 fully saturated rings. The van der Waals surface area contributed by atoms with E-state index in [9.17, 15) is 4.79 Å². The second-order valence-electron chi connectivity index (χ2n) is 7.00. The van der Waals surface area contributed by atoms with Crippen LogP contribution < -0.4 is 16.0 Å². The molecule has 144 valence electrons. The lowest BCUT2D eigenvalue weighted by Gasteiger charge is -2.18. The number of carbonyl (C=O) groups is 1. The van der Waals surface area contributed by atoms with Crippen LogP contribution in [0.3, 0.4) is 0 Å². The molecule has 1 amide bonds. The second kappa shape index (κ2) is 11.3. The van der Waals surface area contributed by atoms with Crippen LogP contribution in [0.15, 0.2) is 15.6 Å². The Balaban J connectivity index is 0.00000576. The zero-order valence-electron chi connectivity index (χ0n) is 16.1. The third-order valence-corrected chi connectivity index (χ3v) is 3.29. The maximum Gasteiger partial charge on any atom is 0.225 e.